The van der Waals surface area contributed by atoms with Crippen molar-refractivity contribution in [3.63, 3.8) is 0 Å². The van der Waals surface area contributed by atoms with Gasteiger partial charge in [0.2, 0.25) is 11.8 Å². The fourth-order valence-electron chi connectivity index (χ4n) is 2.08. The van der Waals surface area contributed by atoms with E-state index in [0.29, 0.717) is 13.0 Å². The van der Waals surface area contributed by atoms with E-state index < -0.39 is 11.5 Å². The van der Waals surface area contributed by atoms with E-state index in [-0.39, 0.29) is 24.4 Å². The van der Waals surface area contributed by atoms with Gasteiger partial charge in [-0.2, -0.15) is 0 Å². The van der Waals surface area contributed by atoms with Gasteiger partial charge in [-0.05, 0) is 19.8 Å². The predicted octanol–water partition coefficient (Wildman–Crippen LogP) is 0.520. The first kappa shape index (κ1) is 15.0. The molecule has 2 N–H and O–H groups in total. The van der Waals surface area contributed by atoms with Gasteiger partial charge in [-0.1, -0.05) is 20.8 Å². The van der Waals surface area contributed by atoms with E-state index in [1.54, 1.807) is 11.8 Å². The lowest BCUT2D eigenvalue weighted by Crippen LogP contribution is -2.50. The van der Waals surface area contributed by atoms with Gasteiger partial charge in [0, 0.05) is 18.5 Å². The minimum absolute atomic E-state index is 0.0113. The standard InChI is InChI=1S/C13H24N2O3/c1-9(16)8-14-11(17)10-6-5-7-15(10)12(18)13(2,3)4/h9-10,16H,5-8H2,1-4H3,(H,14,17)/t9-,10?/m0/s1. The lowest BCUT2D eigenvalue weighted by Gasteiger charge is -2.30. The maximum Gasteiger partial charge on any atom is 0.242 e. The summed E-state index contributed by atoms with van der Waals surface area (Å²) in [5, 5.41) is 11.8. The van der Waals surface area contributed by atoms with E-state index in [1.807, 2.05) is 20.8 Å². The number of carbonyl (C=O) groups excluding carboxylic acids is 2. The SMILES string of the molecule is C[C@H](O)CNC(=O)C1CCCN1C(=O)C(C)(C)C. The number of rotatable bonds is 3. The summed E-state index contributed by atoms with van der Waals surface area (Å²) in [7, 11) is 0. The summed E-state index contributed by atoms with van der Waals surface area (Å²) in [6.07, 6.45) is 0.990. The van der Waals surface area contributed by atoms with Crippen LogP contribution in [0.1, 0.15) is 40.5 Å². The van der Waals surface area contributed by atoms with Crippen molar-refractivity contribution in [2.75, 3.05) is 13.1 Å². The molecule has 1 fully saturated rings. The lowest BCUT2D eigenvalue weighted by atomic mass is 9.94. The number of aliphatic hydroxyl groups excluding tert-OH is 1. The molecule has 5 nitrogen and oxygen atoms in total. The Balaban J connectivity index is 2.65. The third-order valence-electron chi connectivity index (χ3n) is 3.03. The molecule has 1 saturated heterocycles. The minimum Gasteiger partial charge on any atom is -0.392 e. The topological polar surface area (TPSA) is 69.6 Å². The second-order valence-electron chi connectivity index (χ2n) is 6.00. The van der Waals surface area contributed by atoms with Gasteiger partial charge >= 0.3 is 0 Å². The fourth-order valence-corrected chi connectivity index (χ4v) is 2.08. The first-order valence-corrected chi connectivity index (χ1v) is 6.50. The zero-order chi connectivity index (χ0) is 13.9. The Morgan fingerprint density at radius 3 is 2.56 bits per heavy atom. The van der Waals surface area contributed by atoms with Crippen LogP contribution in [0.3, 0.4) is 0 Å². The van der Waals surface area contributed by atoms with Crippen LogP contribution in [0.5, 0.6) is 0 Å². The highest BCUT2D eigenvalue weighted by molar-refractivity contribution is 5.90. The van der Waals surface area contributed by atoms with Crippen LogP contribution in [0.2, 0.25) is 0 Å². The highest BCUT2D eigenvalue weighted by Gasteiger charge is 2.38. The van der Waals surface area contributed by atoms with Gasteiger partial charge in [0.05, 0.1) is 6.10 Å². The van der Waals surface area contributed by atoms with Crippen LogP contribution in [0, 0.1) is 5.41 Å². The molecule has 0 aromatic heterocycles. The largest absolute Gasteiger partial charge is 0.392 e. The van der Waals surface area contributed by atoms with Crippen molar-refractivity contribution in [1.29, 1.82) is 0 Å². The number of amides is 2. The van der Waals surface area contributed by atoms with Gasteiger partial charge in [-0.25, -0.2) is 0 Å². The molecule has 104 valence electrons. The van der Waals surface area contributed by atoms with Crippen molar-refractivity contribution in [2.24, 2.45) is 5.41 Å². The Bertz CT molecular complexity index is 321. The molecule has 0 spiro atoms. The first-order valence-electron chi connectivity index (χ1n) is 6.50. The Labute approximate surface area is 109 Å². The van der Waals surface area contributed by atoms with Crippen molar-refractivity contribution < 1.29 is 14.7 Å². The molecular formula is C13H24N2O3. The number of likely N-dealkylation sites (tertiary alicyclic amines) is 1. The molecule has 0 saturated carbocycles. The molecule has 0 aliphatic carbocycles. The molecule has 0 aromatic rings. The fraction of sp³-hybridized carbons (Fsp3) is 0.846. The Morgan fingerprint density at radius 1 is 1.44 bits per heavy atom. The third-order valence-corrected chi connectivity index (χ3v) is 3.03. The molecule has 0 aromatic carbocycles. The third kappa shape index (κ3) is 3.70. The maximum atomic E-state index is 12.2. The molecule has 1 aliphatic heterocycles. The second kappa shape index (κ2) is 5.69. The van der Waals surface area contributed by atoms with Crippen LogP contribution in [0.15, 0.2) is 0 Å². The van der Waals surface area contributed by atoms with Gasteiger partial charge < -0.3 is 15.3 Å². The molecule has 1 aliphatic rings. The van der Waals surface area contributed by atoms with Crippen molar-refractivity contribution >= 4 is 11.8 Å². The van der Waals surface area contributed by atoms with E-state index in [0.717, 1.165) is 6.42 Å². The van der Waals surface area contributed by atoms with Gasteiger partial charge in [-0.3, -0.25) is 9.59 Å². The molecule has 0 radical (unpaired) electrons. The van der Waals surface area contributed by atoms with Crippen LogP contribution in [-0.2, 0) is 9.59 Å². The number of nitrogens with one attached hydrogen (secondary N) is 1. The molecule has 1 unspecified atom stereocenters. The Hall–Kier alpha value is -1.10. The van der Waals surface area contributed by atoms with Crippen molar-refractivity contribution in [1.82, 2.24) is 10.2 Å². The molecule has 18 heavy (non-hydrogen) atoms. The number of hydrogen-bond acceptors (Lipinski definition) is 3. The summed E-state index contributed by atoms with van der Waals surface area (Å²) < 4.78 is 0. The molecule has 0 bridgehead atoms. The number of nitrogens with zero attached hydrogens (tertiary/aromatic N) is 1. The summed E-state index contributed by atoms with van der Waals surface area (Å²) in [5.41, 5.74) is -0.465. The molecule has 2 amide bonds. The quantitative estimate of drug-likeness (QED) is 0.773. The zero-order valence-electron chi connectivity index (χ0n) is 11.7. The summed E-state index contributed by atoms with van der Waals surface area (Å²) >= 11 is 0. The van der Waals surface area contributed by atoms with E-state index in [2.05, 4.69) is 5.32 Å². The maximum absolute atomic E-state index is 12.2. The van der Waals surface area contributed by atoms with Crippen LogP contribution in [0.25, 0.3) is 0 Å². The van der Waals surface area contributed by atoms with Gasteiger partial charge in [0.25, 0.3) is 0 Å². The lowest BCUT2D eigenvalue weighted by molar-refractivity contribution is -0.144. The zero-order valence-corrected chi connectivity index (χ0v) is 11.7. The Morgan fingerprint density at radius 2 is 2.06 bits per heavy atom. The van der Waals surface area contributed by atoms with Crippen LogP contribution in [0.4, 0.5) is 0 Å². The predicted molar refractivity (Wildman–Crippen MR) is 68.9 cm³/mol. The average Bonchev–Trinajstić information content (AvgIpc) is 2.71. The van der Waals surface area contributed by atoms with Crippen LogP contribution >= 0.6 is 0 Å². The van der Waals surface area contributed by atoms with E-state index in [4.69, 9.17) is 5.11 Å². The van der Waals surface area contributed by atoms with Gasteiger partial charge in [-0.15, -0.1) is 0 Å². The van der Waals surface area contributed by atoms with Crippen LogP contribution < -0.4 is 5.32 Å². The second-order valence-corrected chi connectivity index (χ2v) is 6.00. The molecule has 2 atom stereocenters. The summed E-state index contributed by atoms with van der Waals surface area (Å²) in [4.78, 5) is 25.9. The van der Waals surface area contributed by atoms with Gasteiger partial charge in [0.15, 0.2) is 0 Å². The number of aliphatic hydroxyl groups is 1. The van der Waals surface area contributed by atoms with Crippen molar-refractivity contribution in [3.8, 4) is 0 Å². The number of hydrogen-bond donors (Lipinski definition) is 2. The van der Waals surface area contributed by atoms with E-state index in [9.17, 15) is 9.59 Å². The highest BCUT2D eigenvalue weighted by Crippen LogP contribution is 2.25. The highest BCUT2D eigenvalue weighted by atomic mass is 16.3. The first-order chi connectivity index (χ1) is 8.23. The normalized spacial score (nSPS) is 21.8. The molecular weight excluding hydrogens is 232 g/mol. The summed E-state index contributed by atoms with van der Waals surface area (Å²) in [5.74, 6) is -0.150. The van der Waals surface area contributed by atoms with E-state index in [1.165, 1.54) is 0 Å². The minimum atomic E-state index is -0.567. The van der Waals surface area contributed by atoms with Crippen molar-refractivity contribution in [3.05, 3.63) is 0 Å². The number of carbonyl (C=O) groups is 2. The van der Waals surface area contributed by atoms with E-state index >= 15 is 0 Å². The summed E-state index contributed by atoms with van der Waals surface area (Å²) in [6.45, 7) is 8.07. The Kier molecular flexibility index (Phi) is 4.73. The monoisotopic (exact) mass is 256 g/mol. The van der Waals surface area contributed by atoms with Crippen LogP contribution in [-0.4, -0.2) is 47.1 Å². The molecule has 1 heterocycles. The summed E-state index contributed by atoms with van der Waals surface area (Å²) in [6, 6.07) is -0.379. The average molecular weight is 256 g/mol. The smallest absolute Gasteiger partial charge is 0.242 e. The van der Waals surface area contributed by atoms with Gasteiger partial charge in [0.1, 0.15) is 6.04 Å². The molecule has 5 heteroatoms. The van der Waals surface area contributed by atoms with Crippen molar-refractivity contribution in [2.45, 2.75) is 52.7 Å². The molecule has 1 rings (SSSR count).